The Morgan fingerprint density at radius 2 is 1.93 bits per heavy atom. The standard InChI is InChI=1S/C23H28N6O/c1-4-12-28-14-17(3)29(15-16(28)2)22(20-6-5-7-21(30)13-20)18-8-10-19(11-9-18)23-24-26-27-25-23/h4-11,13,16-17,22,30H,1,12,14-15H2,2-3H3,(H,24,25,26,27). The first-order valence-electron chi connectivity index (χ1n) is 10.3. The minimum absolute atomic E-state index is 0.0414. The molecule has 3 atom stereocenters. The van der Waals surface area contributed by atoms with Gasteiger partial charge in [-0.05, 0) is 42.3 Å². The normalized spacial score (nSPS) is 21.4. The number of piperazine rings is 1. The molecule has 1 aliphatic heterocycles. The Bertz CT molecular complexity index is 972. The number of hydrogen-bond acceptors (Lipinski definition) is 6. The Kier molecular flexibility index (Phi) is 5.92. The van der Waals surface area contributed by atoms with Crippen LogP contribution in [0.2, 0.25) is 0 Å². The van der Waals surface area contributed by atoms with Gasteiger partial charge in [0.05, 0.1) is 6.04 Å². The first kappa shape index (κ1) is 20.3. The third-order valence-corrected chi connectivity index (χ3v) is 5.87. The van der Waals surface area contributed by atoms with Gasteiger partial charge in [-0.25, -0.2) is 0 Å². The SMILES string of the molecule is C=CCN1CC(C)N(C(c2ccc(-c3nn[nH]n3)cc2)c2cccc(O)c2)CC1C. The van der Waals surface area contributed by atoms with Crippen molar-refractivity contribution in [3.05, 3.63) is 72.3 Å². The lowest BCUT2D eigenvalue weighted by Crippen LogP contribution is -2.57. The molecule has 2 aromatic carbocycles. The van der Waals surface area contributed by atoms with Gasteiger partial charge in [0.15, 0.2) is 0 Å². The van der Waals surface area contributed by atoms with Crippen molar-refractivity contribution in [2.75, 3.05) is 19.6 Å². The van der Waals surface area contributed by atoms with Crippen LogP contribution in [-0.4, -0.2) is 67.2 Å². The number of H-pyrrole nitrogens is 1. The smallest absolute Gasteiger partial charge is 0.204 e. The van der Waals surface area contributed by atoms with Gasteiger partial charge < -0.3 is 5.11 Å². The summed E-state index contributed by atoms with van der Waals surface area (Å²) in [6.07, 6.45) is 1.97. The summed E-state index contributed by atoms with van der Waals surface area (Å²) in [6.45, 7) is 11.2. The van der Waals surface area contributed by atoms with Crippen LogP contribution in [0.4, 0.5) is 0 Å². The molecule has 7 heteroatoms. The van der Waals surface area contributed by atoms with Crippen LogP contribution in [0.5, 0.6) is 5.75 Å². The van der Waals surface area contributed by atoms with E-state index in [1.165, 1.54) is 5.56 Å². The maximum atomic E-state index is 10.1. The Morgan fingerprint density at radius 3 is 2.60 bits per heavy atom. The van der Waals surface area contributed by atoms with Gasteiger partial charge in [-0.3, -0.25) is 9.80 Å². The molecular formula is C23H28N6O. The number of aromatic nitrogens is 4. The third-order valence-electron chi connectivity index (χ3n) is 5.87. The lowest BCUT2D eigenvalue weighted by Gasteiger charge is -2.47. The van der Waals surface area contributed by atoms with Crippen molar-refractivity contribution in [3.8, 4) is 17.1 Å². The molecule has 0 bridgehead atoms. The van der Waals surface area contributed by atoms with Crippen molar-refractivity contribution in [1.29, 1.82) is 0 Å². The molecule has 2 heterocycles. The number of aromatic hydroxyl groups is 1. The van der Waals surface area contributed by atoms with Crippen molar-refractivity contribution < 1.29 is 5.11 Å². The van der Waals surface area contributed by atoms with E-state index in [1.54, 1.807) is 6.07 Å². The minimum Gasteiger partial charge on any atom is -0.508 e. The predicted molar refractivity (Wildman–Crippen MR) is 117 cm³/mol. The van der Waals surface area contributed by atoms with Gasteiger partial charge in [0.2, 0.25) is 5.82 Å². The van der Waals surface area contributed by atoms with E-state index in [4.69, 9.17) is 0 Å². The second kappa shape index (κ2) is 8.77. The highest BCUT2D eigenvalue weighted by molar-refractivity contribution is 5.55. The molecule has 1 saturated heterocycles. The fourth-order valence-corrected chi connectivity index (χ4v) is 4.37. The first-order valence-corrected chi connectivity index (χ1v) is 10.3. The second-order valence-corrected chi connectivity index (χ2v) is 7.99. The zero-order chi connectivity index (χ0) is 21.1. The molecule has 4 rings (SSSR count). The molecule has 0 amide bonds. The number of benzene rings is 2. The second-order valence-electron chi connectivity index (χ2n) is 7.99. The monoisotopic (exact) mass is 404 g/mol. The molecule has 3 aromatic rings. The molecule has 1 fully saturated rings. The summed E-state index contributed by atoms with van der Waals surface area (Å²) in [5, 5.41) is 24.4. The van der Waals surface area contributed by atoms with Gasteiger partial charge in [0.1, 0.15) is 5.75 Å². The minimum atomic E-state index is 0.0414. The van der Waals surface area contributed by atoms with Crippen LogP contribution in [-0.2, 0) is 0 Å². The first-order chi connectivity index (χ1) is 14.6. The molecule has 3 unspecified atom stereocenters. The summed E-state index contributed by atoms with van der Waals surface area (Å²) < 4.78 is 0. The zero-order valence-electron chi connectivity index (χ0n) is 17.4. The van der Waals surface area contributed by atoms with E-state index in [2.05, 4.69) is 69.0 Å². The van der Waals surface area contributed by atoms with Crippen LogP contribution in [0, 0.1) is 0 Å². The van der Waals surface area contributed by atoms with Crippen LogP contribution in [0.15, 0.2) is 61.2 Å². The lowest BCUT2D eigenvalue weighted by atomic mass is 9.92. The molecular weight excluding hydrogens is 376 g/mol. The molecule has 7 nitrogen and oxygen atoms in total. The van der Waals surface area contributed by atoms with Crippen molar-refractivity contribution in [2.24, 2.45) is 0 Å². The number of phenols is 1. The zero-order valence-corrected chi connectivity index (χ0v) is 17.4. The quantitative estimate of drug-likeness (QED) is 0.614. The van der Waals surface area contributed by atoms with E-state index in [1.807, 2.05) is 30.3 Å². The Labute approximate surface area is 177 Å². The number of tetrazole rings is 1. The predicted octanol–water partition coefficient (Wildman–Crippen LogP) is 3.24. The Hall–Kier alpha value is -3.03. The number of hydrogen-bond donors (Lipinski definition) is 2. The number of rotatable bonds is 6. The van der Waals surface area contributed by atoms with E-state index in [0.29, 0.717) is 17.9 Å². The van der Waals surface area contributed by atoms with Crippen LogP contribution < -0.4 is 0 Å². The molecule has 156 valence electrons. The van der Waals surface area contributed by atoms with Gasteiger partial charge in [-0.1, -0.05) is 42.5 Å². The third kappa shape index (κ3) is 4.13. The Balaban J connectivity index is 1.69. The molecule has 1 aliphatic rings. The molecule has 0 radical (unpaired) electrons. The van der Waals surface area contributed by atoms with Gasteiger partial charge in [-0.2, -0.15) is 5.21 Å². The molecule has 0 spiro atoms. The van der Waals surface area contributed by atoms with Crippen LogP contribution in [0.1, 0.15) is 31.0 Å². The number of aromatic amines is 1. The number of phenolic OH excluding ortho intramolecular Hbond substituents is 1. The van der Waals surface area contributed by atoms with Gasteiger partial charge in [0, 0.05) is 37.3 Å². The number of nitrogens with one attached hydrogen (secondary N) is 1. The maximum absolute atomic E-state index is 10.1. The van der Waals surface area contributed by atoms with E-state index < -0.39 is 0 Å². The fraction of sp³-hybridized carbons (Fsp3) is 0.348. The van der Waals surface area contributed by atoms with Gasteiger partial charge >= 0.3 is 0 Å². The highest BCUT2D eigenvalue weighted by Crippen LogP contribution is 2.35. The van der Waals surface area contributed by atoms with Crippen LogP contribution >= 0.6 is 0 Å². The van der Waals surface area contributed by atoms with Crippen molar-refractivity contribution in [1.82, 2.24) is 30.4 Å². The lowest BCUT2D eigenvalue weighted by molar-refractivity contribution is 0.0306. The van der Waals surface area contributed by atoms with Crippen molar-refractivity contribution in [3.63, 3.8) is 0 Å². The average Bonchev–Trinajstić information content (AvgIpc) is 3.27. The topological polar surface area (TPSA) is 81.2 Å². The largest absolute Gasteiger partial charge is 0.508 e. The molecule has 2 N–H and O–H groups in total. The van der Waals surface area contributed by atoms with Crippen molar-refractivity contribution in [2.45, 2.75) is 32.0 Å². The average molecular weight is 405 g/mol. The molecule has 0 saturated carbocycles. The highest BCUT2D eigenvalue weighted by Gasteiger charge is 2.34. The molecule has 30 heavy (non-hydrogen) atoms. The summed E-state index contributed by atoms with van der Waals surface area (Å²) in [5.74, 6) is 0.863. The van der Waals surface area contributed by atoms with Crippen LogP contribution in [0.25, 0.3) is 11.4 Å². The summed E-state index contributed by atoms with van der Waals surface area (Å²) in [6, 6.07) is 16.7. The molecule has 0 aliphatic carbocycles. The van der Waals surface area contributed by atoms with E-state index in [0.717, 1.165) is 30.8 Å². The van der Waals surface area contributed by atoms with E-state index >= 15 is 0 Å². The highest BCUT2D eigenvalue weighted by atomic mass is 16.3. The number of nitrogens with zero attached hydrogens (tertiary/aromatic N) is 5. The van der Waals surface area contributed by atoms with E-state index in [9.17, 15) is 5.11 Å². The fourth-order valence-electron chi connectivity index (χ4n) is 4.37. The van der Waals surface area contributed by atoms with Gasteiger partial charge in [0.25, 0.3) is 0 Å². The van der Waals surface area contributed by atoms with Crippen LogP contribution in [0.3, 0.4) is 0 Å². The van der Waals surface area contributed by atoms with Gasteiger partial charge in [-0.15, -0.1) is 16.8 Å². The molecule has 1 aromatic heterocycles. The summed E-state index contributed by atoms with van der Waals surface area (Å²) in [5.41, 5.74) is 3.17. The van der Waals surface area contributed by atoms with Crippen molar-refractivity contribution >= 4 is 0 Å². The maximum Gasteiger partial charge on any atom is 0.204 e. The van der Waals surface area contributed by atoms with E-state index in [-0.39, 0.29) is 11.8 Å². The summed E-state index contributed by atoms with van der Waals surface area (Å²) in [7, 11) is 0. The summed E-state index contributed by atoms with van der Waals surface area (Å²) >= 11 is 0. The summed E-state index contributed by atoms with van der Waals surface area (Å²) in [4.78, 5) is 5.00. The Morgan fingerprint density at radius 1 is 1.13 bits per heavy atom.